The number of carboxylic acids is 1. The van der Waals surface area contributed by atoms with Crippen LogP contribution in [0, 0.1) is 0 Å². The van der Waals surface area contributed by atoms with Crippen molar-refractivity contribution >= 4 is 51.4 Å². The van der Waals surface area contributed by atoms with E-state index in [-0.39, 0.29) is 63.8 Å². The molecule has 1 aromatic heterocycles. The van der Waals surface area contributed by atoms with Crippen LogP contribution in [0.15, 0.2) is 75.9 Å². The van der Waals surface area contributed by atoms with Crippen molar-refractivity contribution in [2.45, 2.75) is 34.1 Å². The van der Waals surface area contributed by atoms with E-state index in [1.807, 2.05) is 0 Å². The average molecular weight is 654 g/mol. The Balaban J connectivity index is 0.00000423. The molecule has 2 aliphatic heterocycles. The second-order valence-electron chi connectivity index (χ2n) is 9.32. The molecule has 0 aliphatic carbocycles. The van der Waals surface area contributed by atoms with E-state index >= 15 is 0 Å². The number of rotatable bonds is 11. The minimum atomic E-state index is -4.50. The fourth-order valence-corrected chi connectivity index (χ4v) is 7.69. The number of carbonyl (C=O) groups is 3. The van der Waals surface area contributed by atoms with E-state index in [9.17, 15) is 32.5 Å². The maximum atomic E-state index is 13.5. The maximum absolute atomic E-state index is 13.5. The molecule has 5 rings (SSSR count). The summed E-state index contributed by atoms with van der Waals surface area (Å²) in [7, 11) is -2.85. The van der Waals surface area contributed by atoms with Crippen molar-refractivity contribution in [2.24, 2.45) is 7.05 Å². The monoisotopic (exact) mass is 653 g/mol. The number of β-lactam (4-membered cyclic amide) rings is 1. The smallest absolute Gasteiger partial charge is 0.543 e. The summed E-state index contributed by atoms with van der Waals surface area (Å²) in [6, 6.07) is 12.5. The Morgan fingerprint density at radius 2 is 1.88 bits per heavy atom. The van der Waals surface area contributed by atoms with Crippen LogP contribution >= 0.6 is 23.5 Å². The third kappa shape index (κ3) is 7.15. The summed E-state index contributed by atoms with van der Waals surface area (Å²) >= 11 is 2.54. The normalized spacial score (nSPS) is 18.7. The van der Waals surface area contributed by atoms with Crippen LogP contribution in [0.25, 0.3) is 0 Å². The van der Waals surface area contributed by atoms with Crippen molar-refractivity contribution in [1.82, 2.24) is 35.7 Å². The molecule has 2 aromatic carbocycles. The molecule has 43 heavy (non-hydrogen) atoms. The number of hydrogen-bond donors (Lipinski definition) is 3. The summed E-state index contributed by atoms with van der Waals surface area (Å²) in [6.07, 6.45) is 0. The Labute approximate surface area is 277 Å². The van der Waals surface area contributed by atoms with E-state index in [1.165, 1.54) is 46.4 Å². The summed E-state index contributed by atoms with van der Waals surface area (Å²) in [4.78, 5) is 39.6. The van der Waals surface area contributed by atoms with Gasteiger partial charge in [-0.3, -0.25) is 24.4 Å². The van der Waals surface area contributed by atoms with E-state index in [4.69, 9.17) is 0 Å². The first-order chi connectivity index (χ1) is 20.1. The molecule has 1 unspecified atom stereocenters. The summed E-state index contributed by atoms with van der Waals surface area (Å²) in [6.45, 7) is -0.0918. The van der Waals surface area contributed by atoms with Crippen molar-refractivity contribution < 1.29 is 62.0 Å². The zero-order valence-electron chi connectivity index (χ0n) is 22.9. The molecule has 0 bridgehead atoms. The summed E-state index contributed by atoms with van der Waals surface area (Å²) in [5.41, 5.74) is 1.04. The number of hydrogen-bond acceptors (Lipinski definition) is 12. The second-order valence-corrected chi connectivity index (χ2v) is 12.8. The largest absolute Gasteiger partial charge is 1.00 e. The second kappa shape index (κ2) is 13.9. The molecule has 1 fully saturated rings. The molecule has 3 atom stereocenters. The number of aromatic nitrogens is 4. The third-order valence-corrected chi connectivity index (χ3v) is 10.0. The van der Waals surface area contributed by atoms with E-state index in [2.05, 4.69) is 26.2 Å². The number of carbonyl (C=O) groups excluding carboxylic acids is 3. The first-order valence-electron chi connectivity index (χ1n) is 12.4. The molecular weight excluding hydrogens is 630 g/mol. The topological polar surface area (TPSA) is 200 Å². The standard InChI is InChI=1S/C25H25N7O7S3.Na/c1-31-25(28-29-30-31)41-13-16-12-40-23-19(22(34)32(23)20(16)24(35)36)27-21(33)18(14-7-3-2-4-8-14)26-11-15-9-5-6-10-17(15)42(37,38)39;/h2-10,18-19,23,26H,11-13H2,1H3,(H,27,33)(H,35,36)(H,37,38,39);/q;+1/p-1/t18-,19?,23-;/m0./s1. The molecule has 3 N–H and O–H groups in total. The molecular formula is C25H24N7NaO7S3. The van der Waals surface area contributed by atoms with E-state index in [1.54, 1.807) is 43.4 Å². The zero-order valence-corrected chi connectivity index (χ0v) is 27.4. The van der Waals surface area contributed by atoms with Crippen molar-refractivity contribution in [3.63, 3.8) is 0 Å². The first-order valence-corrected chi connectivity index (χ1v) is 15.9. The molecule has 3 heterocycles. The van der Waals surface area contributed by atoms with Crippen LogP contribution < -0.4 is 45.3 Å². The Morgan fingerprint density at radius 3 is 2.53 bits per heavy atom. The first kappa shape index (κ1) is 33.1. The van der Waals surface area contributed by atoms with Gasteiger partial charge in [-0.2, -0.15) is 8.42 Å². The number of aliphatic carboxylic acids is 1. The van der Waals surface area contributed by atoms with Crippen molar-refractivity contribution in [3.8, 4) is 0 Å². The minimum Gasteiger partial charge on any atom is -0.543 e. The zero-order chi connectivity index (χ0) is 30.0. The van der Waals surface area contributed by atoms with Crippen LogP contribution in [0.4, 0.5) is 0 Å². The van der Waals surface area contributed by atoms with Gasteiger partial charge in [0.15, 0.2) is 0 Å². The Kier molecular flexibility index (Phi) is 10.7. The van der Waals surface area contributed by atoms with Gasteiger partial charge in [0, 0.05) is 25.1 Å². The van der Waals surface area contributed by atoms with Gasteiger partial charge in [0.2, 0.25) is 11.1 Å². The van der Waals surface area contributed by atoms with Gasteiger partial charge in [0.25, 0.3) is 16.0 Å². The minimum absolute atomic E-state index is 0. The Hall–Kier alpha value is -2.77. The van der Waals surface area contributed by atoms with E-state index < -0.39 is 45.4 Å². The maximum Gasteiger partial charge on any atom is 1.00 e. The van der Waals surface area contributed by atoms with Crippen LogP contribution in [-0.4, -0.2) is 78.8 Å². The van der Waals surface area contributed by atoms with Crippen molar-refractivity contribution in [1.29, 1.82) is 0 Å². The van der Waals surface area contributed by atoms with Crippen molar-refractivity contribution in [3.05, 3.63) is 77.0 Å². The SMILES string of the molecule is Cn1nnnc1SCC1=C(C(=O)[O-])N2C(=O)C(NC(=O)[C@@H](NCc3ccccc3S(=O)(=O)O)c3ccccc3)[C@@H]2SC1.[Na+]. The number of thioether (sulfide) groups is 2. The van der Waals surface area contributed by atoms with Gasteiger partial charge >= 0.3 is 29.6 Å². The van der Waals surface area contributed by atoms with Gasteiger partial charge < -0.3 is 15.2 Å². The van der Waals surface area contributed by atoms with Crippen LogP contribution in [0.3, 0.4) is 0 Å². The van der Waals surface area contributed by atoms with Gasteiger partial charge in [-0.05, 0) is 33.2 Å². The van der Waals surface area contributed by atoms with Gasteiger partial charge in [-0.15, -0.1) is 16.9 Å². The fraction of sp³-hybridized carbons (Fsp3) is 0.280. The predicted molar refractivity (Wildman–Crippen MR) is 149 cm³/mol. The number of tetrazole rings is 1. The van der Waals surface area contributed by atoms with Crippen LogP contribution in [0.5, 0.6) is 0 Å². The van der Waals surface area contributed by atoms with Crippen LogP contribution in [0.1, 0.15) is 17.2 Å². The van der Waals surface area contributed by atoms with Gasteiger partial charge in [0.05, 0.1) is 16.6 Å². The Morgan fingerprint density at radius 1 is 1.19 bits per heavy atom. The molecule has 2 amide bonds. The van der Waals surface area contributed by atoms with Crippen LogP contribution in [-0.2, 0) is 38.1 Å². The molecule has 14 nitrogen and oxygen atoms in total. The van der Waals surface area contributed by atoms with E-state index in [0.717, 1.165) is 4.90 Å². The number of nitrogens with one attached hydrogen (secondary N) is 2. The summed E-state index contributed by atoms with van der Waals surface area (Å²) in [5.74, 6) is -2.14. The molecule has 0 radical (unpaired) electrons. The van der Waals surface area contributed by atoms with Gasteiger partial charge in [-0.1, -0.05) is 60.3 Å². The molecule has 1 saturated heterocycles. The number of aryl methyl sites for hydroxylation is 1. The molecule has 0 saturated carbocycles. The summed E-state index contributed by atoms with van der Waals surface area (Å²) < 4.78 is 34.7. The average Bonchev–Trinajstić information content (AvgIpc) is 3.38. The third-order valence-electron chi connectivity index (χ3n) is 6.64. The number of benzene rings is 2. The van der Waals surface area contributed by atoms with Crippen molar-refractivity contribution in [2.75, 3.05) is 11.5 Å². The number of nitrogens with zero attached hydrogens (tertiary/aromatic N) is 5. The Bertz CT molecular complexity index is 1670. The molecule has 18 heteroatoms. The quantitative estimate of drug-likeness (QED) is 0.0798. The fourth-order valence-electron chi connectivity index (χ4n) is 4.64. The van der Waals surface area contributed by atoms with Gasteiger partial charge in [0.1, 0.15) is 17.5 Å². The molecule has 220 valence electrons. The number of fused-ring (bicyclic) bond motifs is 1. The van der Waals surface area contributed by atoms with Crippen LogP contribution in [0.2, 0.25) is 0 Å². The molecule has 0 spiro atoms. The molecule has 2 aliphatic rings. The molecule has 3 aromatic rings. The van der Waals surface area contributed by atoms with Gasteiger partial charge in [-0.25, -0.2) is 4.68 Å². The predicted octanol–water partition coefficient (Wildman–Crippen LogP) is -3.51. The number of carboxylic acid groups (broad SMARTS) is 1. The van der Waals surface area contributed by atoms with E-state index in [0.29, 0.717) is 16.3 Å². The summed E-state index contributed by atoms with van der Waals surface area (Å²) in [5, 5.41) is 28.8. The number of amides is 2.